The van der Waals surface area contributed by atoms with E-state index in [1.165, 1.54) is 121 Å². The first kappa shape index (κ1) is 38.1. The molecular weight excluding hydrogens is 809 g/mol. The monoisotopic (exact) mass is 854 g/mol. The molecule has 3 unspecified atom stereocenters. The Bertz CT molecular complexity index is 4040. The molecule has 10 aromatic carbocycles. The number of anilines is 2. The molecule has 0 saturated heterocycles. The topological polar surface area (TPSA) is 8.17 Å². The Kier molecular flexibility index (Phi) is 8.19. The van der Waals surface area contributed by atoms with E-state index in [2.05, 4.69) is 254 Å². The van der Waals surface area contributed by atoms with Crippen LogP contribution in [0, 0.1) is 17.3 Å². The van der Waals surface area contributed by atoms with Gasteiger partial charge in [-0.3, -0.25) is 0 Å². The Morgan fingerprint density at radius 2 is 0.985 bits per heavy atom. The molecule has 0 fully saturated rings. The van der Waals surface area contributed by atoms with Gasteiger partial charge in [0.2, 0.25) is 0 Å². The Balaban J connectivity index is 0.967. The normalized spacial score (nSPS) is 18.6. The van der Waals surface area contributed by atoms with Gasteiger partial charge in [-0.05, 0) is 120 Å². The third kappa shape index (κ3) is 5.51. The van der Waals surface area contributed by atoms with Crippen molar-refractivity contribution in [2.24, 2.45) is 17.3 Å². The maximum Gasteiger partial charge on any atom is 0.0541 e. The lowest BCUT2D eigenvalue weighted by atomic mass is 9.59. The fourth-order valence-corrected chi connectivity index (χ4v) is 12.3. The molecule has 2 nitrogen and oxygen atoms in total. The van der Waals surface area contributed by atoms with Crippen molar-refractivity contribution in [1.29, 1.82) is 0 Å². The second-order valence-electron chi connectivity index (χ2n) is 18.9. The van der Waals surface area contributed by atoms with Crippen LogP contribution in [0.1, 0.15) is 25.0 Å². The maximum absolute atomic E-state index is 2.65. The number of allylic oxidation sites excluding steroid dienone is 4. The molecule has 11 aromatic rings. The number of benzene rings is 10. The minimum atomic E-state index is -0.246. The number of hydrogen-bond donors (Lipinski definition) is 0. The van der Waals surface area contributed by atoms with Crippen LogP contribution in [0.3, 0.4) is 0 Å². The lowest BCUT2D eigenvalue weighted by molar-refractivity contribution is 0.323. The molecule has 3 atom stereocenters. The van der Waals surface area contributed by atoms with E-state index < -0.39 is 0 Å². The first-order valence-corrected chi connectivity index (χ1v) is 23.7. The van der Waals surface area contributed by atoms with Crippen molar-refractivity contribution >= 4 is 88.4 Å². The minimum Gasteiger partial charge on any atom is -0.313 e. The number of nitrogens with zero attached hydrogens (tertiary/aromatic N) is 2. The molecule has 3 bridgehead atoms. The zero-order chi connectivity index (χ0) is 44.4. The molecule has 0 amide bonds. The predicted octanol–water partition coefficient (Wildman–Crippen LogP) is 15.4. The van der Waals surface area contributed by atoms with Gasteiger partial charge in [-0.25, -0.2) is 0 Å². The highest BCUT2D eigenvalue weighted by atomic mass is 15.2. The Morgan fingerprint density at radius 3 is 1.76 bits per heavy atom. The van der Waals surface area contributed by atoms with Crippen LogP contribution in [0.25, 0.3) is 93.9 Å². The molecule has 1 aliphatic heterocycles. The molecule has 0 N–H and O–H groups in total. The van der Waals surface area contributed by atoms with E-state index in [0.29, 0.717) is 0 Å². The van der Waals surface area contributed by atoms with Crippen molar-refractivity contribution in [3.05, 3.63) is 246 Å². The van der Waals surface area contributed by atoms with Crippen LogP contribution < -0.4 is 15.3 Å². The van der Waals surface area contributed by atoms with Gasteiger partial charge < -0.3 is 9.47 Å². The molecule has 0 saturated carbocycles. The highest BCUT2D eigenvalue weighted by Gasteiger charge is 2.47. The third-order valence-electron chi connectivity index (χ3n) is 15.6. The molecule has 2 heteroatoms. The van der Waals surface area contributed by atoms with E-state index in [0.717, 1.165) is 0 Å². The van der Waals surface area contributed by atoms with Crippen molar-refractivity contribution in [3.8, 4) is 16.8 Å². The summed E-state index contributed by atoms with van der Waals surface area (Å²) in [5.41, 5.74) is 14.6. The molecule has 3 aliphatic rings. The van der Waals surface area contributed by atoms with Crippen molar-refractivity contribution in [2.75, 3.05) is 4.90 Å². The summed E-state index contributed by atoms with van der Waals surface area (Å²) in [6, 6.07) is 79.0. The number of fused-ring (bicyclic) bond motifs is 13. The van der Waals surface area contributed by atoms with Crippen LogP contribution in [0.2, 0.25) is 0 Å². The molecule has 0 radical (unpaired) electrons. The van der Waals surface area contributed by atoms with Crippen molar-refractivity contribution in [3.63, 3.8) is 0 Å². The summed E-state index contributed by atoms with van der Waals surface area (Å²) in [4.78, 5) is 2.59. The Labute approximate surface area is 390 Å². The van der Waals surface area contributed by atoms with E-state index in [4.69, 9.17) is 0 Å². The molecule has 316 valence electrons. The largest absolute Gasteiger partial charge is 0.313 e. The molecule has 2 aliphatic carbocycles. The summed E-state index contributed by atoms with van der Waals surface area (Å²) in [5, 5.41) is 12.8. The smallest absolute Gasteiger partial charge is 0.0541 e. The van der Waals surface area contributed by atoms with Crippen LogP contribution >= 0.6 is 0 Å². The van der Waals surface area contributed by atoms with Gasteiger partial charge in [0.05, 0.1) is 16.7 Å². The van der Waals surface area contributed by atoms with Gasteiger partial charge in [0.15, 0.2) is 0 Å². The maximum atomic E-state index is 2.65. The fourth-order valence-electron chi connectivity index (χ4n) is 12.3. The minimum absolute atomic E-state index is 0.185. The van der Waals surface area contributed by atoms with Gasteiger partial charge in [0.25, 0.3) is 0 Å². The Hall–Kier alpha value is -8.20. The second kappa shape index (κ2) is 14.4. The van der Waals surface area contributed by atoms with Crippen LogP contribution in [0.5, 0.6) is 0 Å². The van der Waals surface area contributed by atoms with E-state index in [1.807, 2.05) is 0 Å². The predicted molar refractivity (Wildman–Crippen MR) is 284 cm³/mol. The first-order valence-electron chi connectivity index (χ1n) is 23.7. The van der Waals surface area contributed by atoms with E-state index in [-0.39, 0.29) is 17.3 Å². The molecule has 67 heavy (non-hydrogen) atoms. The quantitative estimate of drug-likeness (QED) is 0.160. The molecule has 2 heterocycles. The average Bonchev–Trinajstić information content (AvgIpc) is 3.72. The number of hydrogen-bond acceptors (Lipinski definition) is 1. The highest BCUT2D eigenvalue weighted by Crippen LogP contribution is 2.57. The van der Waals surface area contributed by atoms with Gasteiger partial charge in [-0.2, -0.15) is 0 Å². The van der Waals surface area contributed by atoms with E-state index in [1.54, 1.807) is 0 Å². The molecule has 14 rings (SSSR count). The van der Waals surface area contributed by atoms with Crippen LogP contribution in [-0.4, -0.2) is 4.57 Å². The lowest BCUT2D eigenvalue weighted by Gasteiger charge is -2.49. The van der Waals surface area contributed by atoms with Crippen molar-refractivity contribution < 1.29 is 0 Å². The van der Waals surface area contributed by atoms with E-state index >= 15 is 0 Å². The van der Waals surface area contributed by atoms with Crippen molar-refractivity contribution in [2.45, 2.75) is 13.8 Å². The lowest BCUT2D eigenvalue weighted by Crippen LogP contribution is -2.49. The number of aromatic nitrogens is 1. The molecule has 1 aromatic heterocycles. The van der Waals surface area contributed by atoms with E-state index in [9.17, 15) is 0 Å². The highest BCUT2D eigenvalue weighted by molar-refractivity contribution is 6.26. The van der Waals surface area contributed by atoms with Crippen molar-refractivity contribution in [1.82, 2.24) is 4.57 Å². The van der Waals surface area contributed by atoms with Gasteiger partial charge in [0.1, 0.15) is 0 Å². The molecule has 1 spiro atoms. The first-order chi connectivity index (χ1) is 33.0. The zero-order valence-corrected chi connectivity index (χ0v) is 37.5. The summed E-state index contributed by atoms with van der Waals surface area (Å²) < 4.78 is 2.48. The third-order valence-corrected chi connectivity index (χ3v) is 15.6. The van der Waals surface area contributed by atoms with Crippen LogP contribution in [0.4, 0.5) is 11.4 Å². The summed E-state index contributed by atoms with van der Waals surface area (Å²) in [5.74, 6) is 0.405. The van der Waals surface area contributed by atoms with Crippen LogP contribution in [-0.2, 0) is 0 Å². The standard InChI is InChI=1S/C65H46N2/c1-41-36-57(45-30-35-63-59(37-45)55-24-12-14-26-61(55)66(63)48-33-34-54-52-22-9-8-20-50(52)51-21-10-11-23-53(51)58(54)38-48)60-40-65(41)39-46-18-6-7-19-49(46)64(42(65)2)67(62-27-15-13-25-56(60)62)47-31-28-44(29-32-47)43-16-4-3-5-17-43/h3-42H,1-2H3. The number of para-hydroxylation sites is 2. The van der Waals surface area contributed by atoms with Gasteiger partial charge in [-0.1, -0.05) is 196 Å². The second-order valence-corrected chi connectivity index (χ2v) is 18.9. The fraction of sp³-hybridized carbons (Fsp3) is 0.0769. The summed E-state index contributed by atoms with van der Waals surface area (Å²) in [6.07, 6.45) is 7.83. The Morgan fingerprint density at radius 1 is 0.403 bits per heavy atom. The van der Waals surface area contributed by atoms with Gasteiger partial charge in [-0.15, -0.1) is 0 Å². The zero-order valence-electron chi connectivity index (χ0n) is 37.5. The molecular formula is C65H46N2. The SMILES string of the molecule is CC1C=C(c2ccc3c(c2)c2ccccc2n3-c2ccc3c4ccccc4c4ccccc4c3c2)C2=CC13C=c1ccccc1=C(C3C)N(c1ccc(-c3ccccc3)cc1)c1ccccc12. The van der Waals surface area contributed by atoms with Crippen LogP contribution in [0.15, 0.2) is 224 Å². The van der Waals surface area contributed by atoms with Gasteiger partial charge in [0, 0.05) is 50.0 Å². The average molecular weight is 855 g/mol. The summed E-state index contributed by atoms with van der Waals surface area (Å²) in [6.45, 7) is 4.90. The number of rotatable bonds is 4. The van der Waals surface area contributed by atoms with Gasteiger partial charge >= 0.3 is 0 Å². The summed E-state index contributed by atoms with van der Waals surface area (Å²) >= 11 is 0. The summed E-state index contributed by atoms with van der Waals surface area (Å²) in [7, 11) is 0.